The van der Waals surface area contributed by atoms with Crippen molar-refractivity contribution < 1.29 is 17.7 Å². The molecule has 7 heteroatoms. The average molecular weight is 277 g/mol. The maximum absolute atomic E-state index is 11.7. The minimum atomic E-state index is -3.58. The SMILES string of the molecule is CCS(=O)CCNS(=O)(=O)c1ccc(O)cc1. The summed E-state index contributed by atoms with van der Waals surface area (Å²) in [7, 11) is -4.57. The van der Waals surface area contributed by atoms with Crippen LogP contribution in [0.25, 0.3) is 0 Å². The highest BCUT2D eigenvalue weighted by molar-refractivity contribution is 7.89. The van der Waals surface area contributed by atoms with E-state index in [0.717, 1.165) is 0 Å². The summed E-state index contributed by atoms with van der Waals surface area (Å²) in [5, 5.41) is 9.05. The summed E-state index contributed by atoms with van der Waals surface area (Å²) in [5.74, 6) is 0.824. The number of hydrogen-bond acceptors (Lipinski definition) is 4. The summed E-state index contributed by atoms with van der Waals surface area (Å²) in [4.78, 5) is 0.0811. The predicted molar refractivity (Wildman–Crippen MR) is 66.8 cm³/mol. The second-order valence-electron chi connectivity index (χ2n) is 3.32. The van der Waals surface area contributed by atoms with Gasteiger partial charge in [-0.15, -0.1) is 0 Å². The van der Waals surface area contributed by atoms with Gasteiger partial charge in [0.15, 0.2) is 0 Å². The molecule has 0 aliphatic heterocycles. The molecule has 0 saturated heterocycles. The standard InChI is InChI=1S/C10H15NO4S2/c1-2-16(13)8-7-11-17(14,15)10-5-3-9(12)4-6-10/h3-6,11-12H,2,7-8H2,1H3. The predicted octanol–water partition coefficient (Wildman–Crippen LogP) is 0.439. The topological polar surface area (TPSA) is 83.5 Å². The Morgan fingerprint density at radius 1 is 1.29 bits per heavy atom. The van der Waals surface area contributed by atoms with Crippen molar-refractivity contribution in [2.75, 3.05) is 18.1 Å². The van der Waals surface area contributed by atoms with E-state index < -0.39 is 20.8 Å². The third-order valence-electron chi connectivity index (χ3n) is 2.09. The van der Waals surface area contributed by atoms with Crippen molar-refractivity contribution in [1.29, 1.82) is 0 Å². The Hall–Kier alpha value is -0.920. The number of rotatable bonds is 6. The quantitative estimate of drug-likeness (QED) is 0.790. The molecule has 0 spiro atoms. The minimum Gasteiger partial charge on any atom is -0.508 e. The maximum atomic E-state index is 11.7. The lowest BCUT2D eigenvalue weighted by atomic mass is 10.3. The largest absolute Gasteiger partial charge is 0.508 e. The number of benzene rings is 1. The van der Waals surface area contributed by atoms with Crippen molar-refractivity contribution in [3.63, 3.8) is 0 Å². The average Bonchev–Trinajstić information content (AvgIpc) is 2.29. The maximum Gasteiger partial charge on any atom is 0.240 e. The van der Waals surface area contributed by atoms with Gasteiger partial charge in [-0.2, -0.15) is 0 Å². The highest BCUT2D eigenvalue weighted by Gasteiger charge is 2.13. The second kappa shape index (κ2) is 6.13. The summed E-state index contributed by atoms with van der Waals surface area (Å²) in [6, 6.07) is 5.24. The van der Waals surface area contributed by atoms with E-state index in [2.05, 4.69) is 4.72 Å². The van der Waals surface area contributed by atoms with Gasteiger partial charge in [0.25, 0.3) is 0 Å². The fourth-order valence-electron chi connectivity index (χ4n) is 1.14. The van der Waals surface area contributed by atoms with Gasteiger partial charge in [0, 0.05) is 28.9 Å². The molecule has 0 aliphatic rings. The normalized spacial score (nSPS) is 13.5. The van der Waals surface area contributed by atoms with Gasteiger partial charge >= 0.3 is 0 Å². The van der Waals surface area contributed by atoms with Gasteiger partial charge in [-0.1, -0.05) is 6.92 Å². The molecule has 0 aromatic heterocycles. The van der Waals surface area contributed by atoms with Crippen molar-refractivity contribution in [3.05, 3.63) is 24.3 Å². The number of sulfonamides is 1. The fourth-order valence-corrected chi connectivity index (χ4v) is 2.92. The monoisotopic (exact) mass is 277 g/mol. The molecule has 0 bridgehead atoms. The number of phenols is 1. The first-order valence-corrected chi connectivity index (χ1v) is 8.06. The Balaban J connectivity index is 2.63. The summed E-state index contributed by atoms with van der Waals surface area (Å²) in [6.07, 6.45) is 0. The zero-order valence-corrected chi connectivity index (χ0v) is 11.1. The van der Waals surface area contributed by atoms with E-state index in [0.29, 0.717) is 11.5 Å². The van der Waals surface area contributed by atoms with Crippen LogP contribution < -0.4 is 4.72 Å². The summed E-state index contributed by atoms with van der Waals surface area (Å²) in [5.41, 5.74) is 0. The van der Waals surface area contributed by atoms with Crippen LogP contribution >= 0.6 is 0 Å². The highest BCUT2D eigenvalue weighted by atomic mass is 32.2. The molecule has 17 heavy (non-hydrogen) atoms. The molecule has 0 aliphatic carbocycles. The summed E-state index contributed by atoms with van der Waals surface area (Å²) >= 11 is 0. The first-order chi connectivity index (χ1) is 7.95. The molecule has 96 valence electrons. The Kier molecular flexibility index (Phi) is 5.10. The number of hydrogen-bond donors (Lipinski definition) is 2. The number of phenolic OH excluding ortho intramolecular Hbond substituents is 1. The fraction of sp³-hybridized carbons (Fsp3) is 0.400. The molecule has 0 saturated carbocycles. The highest BCUT2D eigenvalue weighted by Crippen LogP contribution is 2.13. The molecular formula is C10H15NO4S2. The molecule has 1 unspecified atom stereocenters. The molecule has 1 aromatic carbocycles. The van der Waals surface area contributed by atoms with Gasteiger partial charge in [-0.25, -0.2) is 13.1 Å². The minimum absolute atomic E-state index is 0.0102. The lowest BCUT2D eigenvalue weighted by molar-refractivity contribution is 0.474. The first kappa shape index (κ1) is 14.1. The molecule has 0 radical (unpaired) electrons. The molecule has 1 aromatic rings. The molecule has 0 heterocycles. The van der Waals surface area contributed by atoms with Crippen LogP contribution in [0.15, 0.2) is 29.2 Å². The smallest absolute Gasteiger partial charge is 0.240 e. The van der Waals surface area contributed by atoms with E-state index in [1.807, 2.05) is 0 Å². The van der Waals surface area contributed by atoms with Gasteiger partial charge in [0.2, 0.25) is 10.0 Å². The Labute approximate surface area is 103 Å². The third-order valence-corrected chi connectivity index (χ3v) is 4.87. The van der Waals surface area contributed by atoms with E-state index in [1.54, 1.807) is 6.92 Å². The van der Waals surface area contributed by atoms with Crippen molar-refractivity contribution in [2.24, 2.45) is 0 Å². The van der Waals surface area contributed by atoms with Crippen molar-refractivity contribution in [2.45, 2.75) is 11.8 Å². The zero-order chi connectivity index (χ0) is 12.9. The lowest BCUT2D eigenvalue weighted by Crippen LogP contribution is -2.28. The van der Waals surface area contributed by atoms with Crippen LogP contribution in [0.5, 0.6) is 5.75 Å². The lowest BCUT2D eigenvalue weighted by Gasteiger charge is -2.06. The molecule has 0 amide bonds. The number of aromatic hydroxyl groups is 1. The molecular weight excluding hydrogens is 262 g/mol. The van der Waals surface area contributed by atoms with Gasteiger partial charge in [-0.3, -0.25) is 4.21 Å². The van der Waals surface area contributed by atoms with Crippen molar-refractivity contribution >= 4 is 20.8 Å². The Bertz CT molecular complexity index is 482. The van der Waals surface area contributed by atoms with Crippen LogP contribution in [0.1, 0.15) is 6.92 Å². The molecule has 2 N–H and O–H groups in total. The Morgan fingerprint density at radius 2 is 1.88 bits per heavy atom. The van der Waals surface area contributed by atoms with E-state index in [1.165, 1.54) is 24.3 Å². The van der Waals surface area contributed by atoms with Crippen molar-refractivity contribution in [3.8, 4) is 5.75 Å². The third kappa shape index (κ3) is 4.45. The molecule has 5 nitrogen and oxygen atoms in total. The van der Waals surface area contributed by atoms with Crippen LogP contribution in [-0.4, -0.2) is 35.8 Å². The molecule has 1 rings (SSSR count). The van der Waals surface area contributed by atoms with Gasteiger partial charge < -0.3 is 5.11 Å². The van der Waals surface area contributed by atoms with Gasteiger partial charge in [-0.05, 0) is 24.3 Å². The van der Waals surface area contributed by atoms with Crippen LogP contribution in [0.2, 0.25) is 0 Å². The van der Waals surface area contributed by atoms with E-state index in [-0.39, 0.29) is 17.2 Å². The molecule has 0 fully saturated rings. The van der Waals surface area contributed by atoms with Crippen LogP contribution in [0, 0.1) is 0 Å². The zero-order valence-electron chi connectivity index (χ0n) is 9.42. The van der Waals surface area contributed by atoms with Crippen LogP contribution in [-0.2, 0) is 20.8 Å². The Morgan fingerprint density at radius 3 is 2.41 bits per heavy atom. The van der Waals surface area contributed by atoms with E-state index >= 15 is 0 Å². The van der Waals surface area contributed by atoms with Crippen LogP contribution in [0.4, 0.5) is 0 Å². The van der Waals surface area contributed by atoms with E-state index in [4.69, 9.17) is 5.11 Å². The number of nitrogens with one attached hydrogen (secondary N) is 1. The summed E-state index contributed by atoms with van der Waals surface area (Å²) < 4.78 is 36.9. The van der Waals surface area contributed by atoms with E-state index in [9.17, 15) is 12.6 Å². The van der Waals surface area contributed by atoms with Crippen molar-refractivity contribution in [1.82, 2.24) is 4.72 Å². The van der Waals surface area contributed by atoms with Crippen LogP contribution in [0.3, 0.4) is 0 Å². The summed E-state index contributed by atoms with van der Waals surface area (Å²) in [6.45, 7) is 1.92. The first-order valence-electron chi connectivity index (χ1n) is 5.09. The molecule has 1 atom stereocenters. The second-order valence-corrected chi connectivity index (χ2v) is 6.96. The van der Waals surface area contributed by atoms with Gasteiger partial charge in [0.05, 0.1) is 4.90 Å². The van der Waals surface area contributed by atoms with Gasteiger partial charge in [0.1, 0.15) is 5.75 Å².